The van der Waals surface area contributed by atoms with Gasteiger partial charge in [-0.1, -0.05) is 11.6 Å². The third-order valence-electron chi connectivity index (χ3n) is 1.66. The van der Waals surface area contributed by atoms with Crippen LogP contribution >= 0.6 is 0 Å². The highest BCUT2D eigenvalue weighted by Crippen LogP contribution is 2.04. The predicted octanol–water partition coefficient (Wildman–Crippen LogP) is 1.14. The molecule has 0 rings (SSSR count). The Morgan fingerprint density at radius 3 is 2.64 bits per heavy atom. The van der Waals surface area contributed by atoms with E-state index in [2.05, 4.69) is 0 Å². The number of carboxylic acid groups (broad SMARTS) is 1. The molecule has 0 radical (unpaired) electrons. The minimum absolute atomic E-state index is 0.519. The number of hydrogen-bond acceptors (Lipinski definition) is 2. The minimum Gasteiger partial charge on any atom is -0.480 e. The van der Waals surface area contributed by atoms with Gasteiger partial charge in [-0.25, -0.2) is 0 Å². The molecular formula is C8H15NO2. The Balaban J connectivity index is 3.62. The number of allylic oxidation sites excluding steroid dienone is 2. The van der Waals surface area contributed by atoms with Crippen molar-refractivity contribution in [1.82, 2.24) is 0 Å². The molecule has 0 spiro atoms. The van der Waals surface area contributed by atoms with Crippen molar-refractivity contribution in [2.24, 2.45) is 5.73 Å². The molecule has 3 heteroatoms. The van der Waals surface area contributed by atoms with Gasteiger partial charge in [0.15, 0.2) is 0 Å². The van der Waals surface area contributed by atoms with Crippen molar-refractivity contribution in [1.29, 1.82) is 0 Å². The van der Waals surface area contributed by atoms with Crippen LogP contribution in [0.25, 0.3) is 0 Å². The average molecular weight is 157 g/mol. The molecule has 0 fully saturated rings. The van der Waals surface area contributed by atoms with Crippen molar-refractivity contribution in [2.45, 2.75) is 32.7 Å². The summed E-state index contributed by atoms with van der Waals surface area (Å²) in [5.41, 5.74) is 6.47. The van der Waals surface area contributed by atoms with Gasteiger partial charge in [-0.15, -0.1) is 0 Å². The molecule has 3 N–H and O–H groups in total. The summed E-state index contributed by atoms with van der Waals surface area (Å²) in [6, 6.07) is -0.718. The molecule has 0 bridgehead atoms. The minimum atomic E-state index is -0.922. The largest absolute Gasteiger partial charge is 0.480 e. The van der Waals surface area contributed by atoms with Crippen molar-refractivity contribution in [2.75, 3.05) is 0 Å². The Kier molecular flexibility index (Phi) is 4.54. The van der Waals surface area contributed by atoms with E-state index in [4.69, 9.17) is 10.8 Å². The molecule has 0 aromatic rings. The molecule has 0 aliphatic rings. The lowest BCUT2D eigenvalue weighted by Gasteiger charge is -2.04. The van der Waals surface area contributed by atoms with Crippen LogP contribution in [0.5, 0.6) is 0 Å². The van der Waals surface area contributed by atoms with E-state index in [0.717, 1.165) is 6.42 Å². The van der Waals surface area contributed by atoms with Gasteiger partial charge >= 0.3 is 5.97 Å². The SMILES string of the molecule is CC=C(C)CC[C@H](N)C(=O)O. The predicted molar refractivity (Wildman–Crippen MR) is 44.3 cm³/mol. The highest BCUT2D eigenvalue weighted by Gasteiger charge is 2.09. The third-order valence-corrected chi connectivity index (χ3v) is 1.66. The fraction of sp³-hybridized carbons (Fsp3) is 0.625. The molecule has 0 amide bonds. The van der Waals surface area contributed by atoms with Crippen LogP contribution in [0, 0.1) is 0 Å². The highest BCUT2D eigenvalue weighted by atomic mass is 16.4. The van der Waals surface area contributed by atoms with Crippen LogP contribution in [0.1, 0.15) is 26.7 Å². The fourth-order valence-electron chi connectivity index (χ4n) is 0.651. The molecule has 0 saturated heterocycles. The van der Waals surface area contributed by atoms with Gasteiger partial charge in [-0.05, 0) is 26.7 Å². The van der Waals surface area contributed by atoms with Crippen LogP contribution in [0.3, 0.4) is 0 Å². The number of nitrogens with two attached hydrogens (primary N) is 1. The Labute approximate surface area is 66.9 Å². The van der Waals surface area contributed by atoms with Crippen molar-refractivity contribution >= 4 is 5.97 Å². The van der Waals surface area contributed by atoms with E-state index >= 15 is 0 Å². The van der Waals surface area contributed by atoms with Crippen LogP contribution in [-0.4, -0.2) is 17.1 Å². The first kappa shape index (κ1) is 10.2. The average Bonchev–Trinajstić information content (AvgIpc) is 1.99. The topological polar surface area (TPSA) is 63.3 Å². The Morgan fingerprint density at radius 2 is 2.27 bits per heavy atom. The zero-order valence-corrected chi connectivity index (χ0v) is 7.00. The number of carboxylic acids is 1. The first-order valence-corrected chi connectivity index (χ1v) is 3.68. The molecule has 11 heavy (non-hydrogen) atoms. The Bertz CT molecular complexity index is 163. The zero-order chi connectivity index (χ0) is 8.85. The maximum absolute atomic E-state index is 10.3. The summed E-state index contributed by atoms with van der Waals surface area (Å²) in [6.07, 6.45) is 3.25. The van der Waals surface area contributed by atoms with Gasteiger partial charge in [0.1, 0.15) is 6.04 Å². The first-order valence-electron chi connectivity index (χ1n) is 3.68. The monoisotopic (exact) mass is 157 g/mol. The Hall–Kier alpha value is -0.830. The summed E-state index contributed by atoms with van der Waals surface area (Å²) < 4.78 is 0. The summed E-state index contributed by atoms with van der Waals surface area (Å²) in [4.78, 5) is 10.3. The third kappa shape index (κ3) is 4.56. The second-order valence-corrected chi connectivity index (χ2v) is 2.62. The lowest BCUT2D eigenvalue weighted by molar-refractivity contribution is -0.138. The van der Waals surface area contributed by atoms with Gasteiger partial charge in [-0.3, -0.25) is 4.79 Å². The van der Waals surface area contributed by atoms with E-state index in [1.807, 2.05) is 19.9 Å². The molecule has 0 aliphatic carbocycles. The van der Waals surface area contributed by atoms with Crippen molar-refractivity contribution in [3.05, 3.63) is 11.6 Å². The number of carbonyl (C=O) groups is 1. The second kappa shape index (κ2) is 4.91. The summed E-state index contributed by atoms with van der Waals surface area (Å²) >= 11 is 0. The van der Waals surface area contributed by atoms with E-state index in [9.17, 15) is 4.79 Å². The van der Waals surface area contributed by atoms with Crippen LogP contribution in [0.15, 0.2) is 11.6 Å². The van der Waals surface area contributed by atoms with E-state index in [1.54, 1.807) is 0 Å². The van der Waals surface area contributed by atoms with E-state index in [-0.39, 0.29) is 0 Å². The first-order chi connectivity index (χ1) is 5.07. The maximum Gasteiger partial charge on any atom is 0.320 e. The van der Waals surface area contributed by atoms with Gasteiger partial charge in [0.2, 0.25) is 0 Å². The molecule has 1 atom stereocenters. The number of hydrogen-bond donors (Lipinski definition) is 2. The molecule has 3 nitrogen and oxygen atoms in total. The normalized spacial score (nSPS) is 14.6. The molecular weight excluding hydrogens is 142 g/mol. The lowest BCUT2D eigenvalue weighted by Crippen LogP contribution is -2.29. The molecule has 0 unspecified atom stereocenters. The standard InChI is InChI=1S/C8H15NO2/c1-3-6(2)4-5-7(9)8(10)11/h3,7H,4-5,9H2,1-2H3,(H,10,11)/t7-/m0/s1. The summed E-state index contributed by atoms with van der Waals surface area (Å²) in [7, 11) is 0. The quantitative estimate of drug-likeness (QED) is 0.601. The molecule has 0 aromatic heterocycles. The molecule has 0 aliphatic heterocycles. The van der Waals surface area contributed by atoms with Crippen molar-refractivity contribution in [3.8, 4) is 0 Å². The summed E-state index contributed by atoms with van der Waals surface area (Å²) in [5, 5.41) is 8.42. The van der Waals surface area contributed by atoms with Gasteiger partial charge in [0.05, 0.1) is 0 Å². The summed E-state index contributed by atoms with van der Waals surface area (Å²) in [6.45, 7) is 3.90. The van der Waals surface area contributed by atoms with Gasteiger partial charge < -0.3 is 10.8 Å². The van der Waals surface area contributed by atoms with Crippen LogP contribution in [0.2, 0.25) is 0 Å². The molecule has 64 valence electrons. The zero-order valence-electron chi connectivity index (χ0n) is 7.00. The lowest BCUT2D eigenvalue weighted by atomic mass is 10.1. The van der Waals surface area contributed by atoms with E-state index in [1.165, 1.54) is 5.57 Å². The molecule has 0 heterocycles. The smallest absolute Gasteiger partial charge is 0.320 e. The van der Waals surface area contributed by atoms with E-state index in [0.29, 0.717) is 6.42 Å². The van der Waals surface area contributed by atoms with Crippen molar-refractivity contribution in [3.63, 3.8) is 0 Å². The van der Waals surface area contributed by atoms with Crippen molar-refractivity contribution < 1.29 is 9.90 Å². The summed E-state index contributed by atoms with van der Waals surface area (Å²) in [5.74, 6) is -0.922. The van der Waals surface area contributed by atoms with Crippen LogP contribution < -0.4 is 5.73 Å². The Morgan fingerprint density at radius 1 is 1.73 bits per heavy atom. The van der Waals surface area contributed by atoms with E-state index < -0.39 is 12.0 Å². The van der Waals surface area contributed by atoms with Crippen LogP contribution in [0.4, 0.5) is 0 Å². The number of rotatable bonds is 4. The maximum atomic E-state index is 10.3. The van der Waals surface area contributed by atoms with Gasteiger partial charge in [-0.2, -0.15) is 0 Å². The highest BCUT2D eigenvalue weighted by molar-refractivity contribution is 5.72. The number of aliphatic carboxylic acids is 1. The van der Waals surface area contributed by atoms with Gasteiger partial charge in [0.25, 0.3) is 0 Å². The molecule has 0 saturated carbocycles. The van der Waals surface area contributed by atoms with Crippen LogP contribution in [-0.2, 0) is 4.79 Å². The molecule has 0 aromatic carbocycles. The van der Waals surface area contributed by atoms with Gasteiger partial charge in [0, 0.05) is 0 Å². The second-order valence-electron chi connectivity index (χ2n) is 2.62. The fourth-order valence-corrected chi connectivity index (χ4v) is 0.651.